The lowest BCUT2D eigenvalue weighted by molar-refractivity contribution is 0.0524. The zero-order valence-electron chi connectivity index (χ0n) is 13.1. The minimum Gasteiger partial charge on any atom is -0.493 e. The third-order valence-corrected chi connectivity index (χ3v) is 3.42. The third-order valence-electron chi connectivity index (χ3n) is 3.42. The first-order chi connectivity index (χ1) is 10.6. The molecule has 0 saturated heterocycles. The largest absolute Gasteiger partial charge is 0.493 e. The monoisotopic (exact) mass is 305 g/mol. The van der Waals surface area contributed by atoms with Crippen LogP contribution in [-0.4, -0.2) is 31.4 Å². The Morgan fingerprint density at radius 1 is 1.14 bits per heavy atom. The van der Waals surface area contributed by atoms with Crippen molar-refractivity contribution in [2.45, 2.75) is 20.4 Å². The fourth-order valence-corrected chi connectivity index (χ4v) is 2.33. The molecular formula is C16H19NO5. The summed E-state index contributed by atoms with van der Waals surface area (Å²) in [6.07, 6.45) is 1.52. The molecule has 1 aromatic carbocycles. The van der Waals surface area contributed by atoms with E-state index in [4.69, 9.17) is 14.2 Å². The van der Waals surface area contributed by atoms with Crippen molar-refractivity contribution in [3.63, 3.8) is 0 Å². The molecule has 2 aromatic rings. The third kappa shape index (κ3) is 2.64. The van der Waals surface area contributed by atoms with Crippen molar-refractivity contribution in [1.29, 1.82) is 0 Å². The number of pyridine rings is 1. The molecule has 22 heavy (non-hydrogen) atoms. The van der Waals surface area contributed by atoms with E-state index >= 15 is 0 Å². The number of fused-ring (bicyclic) bond motifs is 1. The molecule has 0 spiro atoms. The molecule has 0 N–H and O–H groups in total. The number of esters is 1. The Balaban J connectivity index is 2.81. The van der Waals surface area contributed by atoms with E-state index in [1.165, 1.54) is 20.4 Å². The van der Waals surface area contributed by atoms with E-state index in [2.05, 4.69) is 0 Å². The molecule has 0 amide bonds. The summed E-state index contributed by atoms with van der Waals surface area (Å²) >= 11 is 0. The van der Waals surface area contributed by atoms with Crippen LogP contribution in [0.1, 0.15) is 24.2 Å². The summed E-state index contributed by atoms with van der Waals surface area (Å²) in [4.78, 5) is 24.5. The van der Waals surface area contributed by atoms with Crippen LogP contribution >= 0.6 is 0 Å². The van der Waals surface area contributed by atoms with Gasteiger partial charge in [0.1, 0.15) is 5.56 Å². The predicted molar refractivity (Wildman–Crippen MR) is 82.9 cm³/mol. The number of carbonyl (C=O) groups is 1. The van der Waals surface area contributed by atoms with Crippen molar-refractivity contribution in [3.8, 4) is 11.5 Å². The first-order valence-electron chi connectivity index (χ1n) is 7.03. The van der Waals surface area contributed by atoms with Gasteiger partial charge < -0.3 is 18.8 Å². The van der Waals surface area contributed by atoms with Crippen LogP contribution in [0.5, 0.6) is 11.5 Å². The highest BCUT2D eigenvalue weighted by Crippen LogP contribution is 2.31. The van der Waals surface area contributed by atoms with Gasteiger partial charge >= 0.3 is 5.97 Å². The van der Waals surface area contributed by atoms with E-state index in [1.54, 1.807) is 19.1 Å². The number of hydrogen-bond acceptors (Lipinski definition) is 5. The van der Waals surface area contributed by atoms with E-state index in [-0.39, 0.29) is 17.6 Å². The van der Waals surface area contributed by atoms with Crippen LogP contribution in [0.15, 0.2) is 23.1 Å². The van der Waals surface area contributed by atoms with Gasteiger partial charge in [0.15, 0.2) is 11.5 Å². The van der Waals surface area contributed by atoms with E-state index in [0.717, 1.165) is 0 Å². The number of rotatable bonds is 5. The van der Waals surface area contributed by atoms with Gasteiger partial charge in [0.2, 0.25) is 5.43 Å². The number of aromatic nitrogens is 1. The maximum Gasteiger partial charge on any atom is 0.343 e. The number of ether oxygens (including phenoxy) is 3. The molecule has 118 valence electrons. The topological polar surface area (TPSA) is 66.8 Å². The number of benzene rings is 1. The van der Waals surface area contributed by atoms with Gasteiger partial charge in [-0.25, -0.2) is 4.79 Å². The molecule has 6 heteroatoms. The lowest BCUT2D eigenvalue weighted by atomic mass is 10.1. The van der Waals surface area contributed by atoms with Gasteiger partial charge in [0.05, 0.1) is 31.7 Å². The number of hydrogen-bond donors (Lipinski definition) is 0. The SMILES string of the molecule is CCOC(=O)c1cn(CC)c2cc(OC)c(OC)cc2c1=O. The molecule has 0 aliphatic heterocycles. The van der Waals surface area contributed by atoms with Crippen molar-refractivity contribution in [3.05, 3.63) is 34.1 Å². The summed E-state index contributed by atoms with van der Waals surface area (Å²) in [6.45, 7) is 4.44. The lowest BCUT2D eigenvalue weighted by Gasteiger charge is -2.14. The van der Waals surface area contributed by atoms with Crippen LogP contribution in [-0.2, 0) is 11.3 Å². The fraction of sp³-hybridized carbons (Fsp3) is 0.375. The van der Waals surface area contributed by atoms with E-state index < -0.39 is 5.97 Å². The average Bonchev–Trinajstić information content (AvgIpc) is 2.54. The quantitative estimate of drug-likeness (QED) is 0.792. The fourth-order valence-electron chi connectivity index (χ4n) is 2.33. The molecule has 0 aliphatic rings. The lowest BCUT2D eigenvalue weighted by Crippen LogP contribution is -2.21. The van der Waals surface area contributed by atoms with Gasteiger partial charge in [-0.3, -0.25) is 4.79 Å². The molecule has 1 heterocycles. The van der Waals surface area contributed by atoms with Crippen LogP contribution in [0.4, 0.5) is 0 Å². The van der Waals surface area contributed by atoms with Crippen LogP contribution in [0, 0.1) is 0 Å². The second-order valence-electron chi connectivity index (χ2n) is 4.60. The zero-order chi connectivity index (χ0) is 16.3. The Morgan fingerprint density at radius 3 is 2.32 bits per heavy atom. The smallest absolute Gasteiger partial charge is 0.343 e. The molecule has 2 rings (SSSR count). The summed E-state index contributed by atoms with van der Waals surface area (Å²) in [5.41, 5.74) is 0.320. The van der Waals surface area contributed by atoms with Crippen LogP contribution in [0.3, 0.4) is 0 Å². The van der Waals surface area contributed by atoms with Crippen LogP contribution in [0.25, 0.3) is 10.9 Å². The van der Waals surface area contributed by atoms with E-state index in [1.807, 2.05) is 11.5 Å². The molecule has 6 nitrogen and oxygen atoms in total. The zero-order valence-corrected chi connectivity index (χ0v) is 13.1. The Kier molecular flexibility index (Phi) is 4.70. The van der Waals surface area contributed by atoms with Crippen molar-refractivity contribution >= 4 is 16.9 Å². The summed E-state index contributed by atoms with van der Waals surface area (Å²) < 4.78 is 17.3. The summed E-state index contributed by atoms with van der Waals surface area (Å²) in [5, 5.41) is 0.394. The van der Waals surface area contributed by atoms with Crippen molar-refractivity contribution in [2.24, 2.45) is 0 Å². The molecule has 0 unspecified atom stereocenters. The maximum atomic E-state index is 12.6. The van der Waals surface area contributed by atoms with E-state index in [0.29, 0.717) is 28.9 Å². The molecule has 0 saturated carbocycles. The van der Waals surface area contributed by atoms with Crippen LogP contribution in [0.2, 0.25) is 0 Å². The van der Waals surface area contributed by atoms with E-state index in [9.17, 15) is 9.59 Å². The average molecular weight is 305 g/mol. The van der Waals surface area contributed by atoms with Gasteiger partial charge in [0.25, 0.3) is 0 Å². The van der Waals surface area contributed by atoms with Gasteiger partial charge in [-0.2, -0.15) is 0 Å². The molecule has 0 aliphatic carbocycles. The Labute approximate surface area is 128 Å². The second kappa shape index (κ2) is 6.51. The minimum atomic E-state index is -0.619. The maximum absolute atomic E-state index is 12.6. The molecular weight excluding hydrogens is 286 g/mol. The van der Waals surface area contributed by atoms with Crippen molar-refractivity contribution in [2.75, 3.05) is 20.8 Å². The van der Waals surface area contributed by atoms with Crippen LogP contribution < -0.4 is 14.9 Å². The first kappa shape index (κ1) is 15.9. The first-order valence-corrected chi connectivity index (χ1v) is 7.03. The molecule has 0 atom stereocenters. The standard InChI is InChI=1S/C16H19NO5/c1-5-17-9-11(16(19)22-6-2)15(18)10-7-13(20-3)14(21-4)8-12(10)17/h7-9H,5-6H2,1-4H3. The van der Waals surface area contributed by atoms with Gasteiger partial charge in [-0.1, -0.05) is 0 Å². The predicted octanol–water partition coefficient (Wildman–Crippen LogP) is 2.22. The Bertz CT molecular complexity index is 763. The molecule has 0 radical (unpaired) electrons. The highest BCUT2D eigenvalue weighted by atomic mass is 16.5. The second-order valence-corrected chi connectivity index (χ2v) is 4.60. The summed E-state index contributed by atoms with van der Waals surface area (Å²) in [7, 11) is 3.03. The highest BCUT2D eigenvalue weighted by molar-refractivity contribution is 5.94. The van der Waals surface area contributed by atoms with Gasteiger partial charge in [-0.15, -0.1) is 0 Å². The molecule has 1 aromatic heterocycles. The molecule has 0 fully saturated rings. The summed E-state index contributed by atoms with van der Waals surface area (Å²) in [6, 6.07) is 3.32. The summed E-state index contributed by atoms with van der Waals surface area (Å²) in [5.74, 6) is 0.350. The van der Waals surface area contributed by atoms with Gasteiger partial charge in [-0.05, 0) is 19.9 Å². The number of nitrogens with zero attached hydrogens (tertiary/aromatic N) is 1. The van der Waals surface area contributed by atoms with Gasteiger partial charge in [0, 0.05) is 18.8 Å². The van der Waals surface area contributed by atoms with Crippen molar-refractivity contribution < 1.29 is 19.0 Å². The Morgan fingerprint density at radius 2 is 1.77 bits per heavy atom. The number of carbonyl (C=O) groups excluding carboxylic acids is 1. The highest BCUT2D eigenvalue weighted by Gasteiger charge is 2.18. The number of aryl methyl sites for hydroxylation is 1. The number of methoxy groups -OCH3 is 2. The molecule has 0 bridgehead atoms. The normalized spacial score (nSPS) is 10.5. The van der Waals surface area contributed by atoms with Crippen molar-refractivity contribution in [1.82, 2.24) is 4.57 Å². The minimum absolute atomic E-state index is 0.0171. The Hall–Kier alpha value is -2.50.